The van der Waals surface area contributed by atoms with Crippen LogP contribution in [0.2, 0.25) is 0 Å². The zero-order valence-electron chi connectivity index (χ0n) is 13.6. The van der Waals surface area contributed by atoms with Gasteiger partial charge in [-0.3, -0.25) is 0 Å². The summed E-state index contributed by atoms with van der Waals surface area (Å²) in [6.07, 6.45) is 2.95. The number of ether oxygens (including phenoxy) is 1. The Morgan fingerprint density at radius 2 is 2.18 bits per heavy atom. The molecule has 0 aliphatic carbocycles. The molecule has 1 atom stereocenters. The van der Waals surface area contributed by atoms with Gasteiger partial charge in [0.05, 0.1) is 6.04 Å². The normalized spacial score (nSPS) is 20.1. The molecule has 124 valence electrons. The van der Waals surface area contributed by atoms with E-state index in [2.05, 4.69) is 30.8 Å². The van der Waals surface area contributed by atoms with Crippen molar-refractivity contribution in [3.05, 3.63) is 18.2 Å². The van der Waals surface area contributed by atoms with Crippen LogP contribution in [0.25, 0.3) is 0 Å². The Labute approximate surface area is 133 Å². The first kappa shape index (κ1) is 17.1. The lowest BCUT2D eigenvalue weighted by molar-refractivity contribution is 0.262. The Balaban J connectivity index is 2.19. The lowest BCUT2D eigenvalue weighted by Crippen LogP contribution is -2.37. The van der Waals surface area contributed by atoms with Gasteiger partial charge in [-0.15, -0.1) is 0 Å². The fraction of sp³-hybridized carbons (Fsp3) is 0.625. The van der Waals surface area contributed by atoms with Crippen molar-refractivity contribution >= 4 is 15.7 Å². The number of unbranched alkanes of at least 4 members (excludes halogenated alkanes) is 1. The van der Waals surface area contributed by atoms with Gasteiger partial charge < -0.3 is 10.1 Å². The molecule has 0 bridgehead atoms. The zero-order chi connectivity index (χ0) is 16.2. The molecular formula is C16H26N2O3S. The van der Waals surface area contributed by atoms with Gasteiger partial charge >= 0.3 is 0 Å². The van der Waals surface area contributed by atoms with Crippen LogP contribution in [0.3, 0.4) is 0 Å². The lowest BCUT2D eigenvalue weighted by atomic mass is 10.1. The molecule has 2 N–H and O–H groups in total. The van der Waals surface area contributed by atoms with Crippen LogP contribution in [0.1, 0.15) is 40.0 Å². The summed E-state index contributed by atoms with van der Waals surface area (Å²) in [5.41, 5.74) is 0.893. The van der Waals surface area contributed by atoms with Crippen molar-refractivity contribution in [3.8, 4) is 5.75 Å². The second-order valence-electron chi connectivity index (χ2n) is 6.20. The highest BCUT2D eigenvalue weighted by Gasteiger charge is 2.28. The third-order valence-electron chi connectivity index (χ3n) is 3.61. The van der Waals surface area contributed by atoms with E-state index >= 15 is 0 Å². The van der Waals surface area contributed by atoms with Crippen LogP contribution in [0.4, 0.5) is 5.69 Å². The number of sulfonamides is 1. The molecule has 0 radical (unpaired) electrons. The smallest absolute Gasteiger partial charge is 0.244 e. The van der Waals surface area contributed by atoms with Crippen molar-refractivity contribution in [2.24, 2.45) is 5.92 Å². The fourth-order valence-corrected chi connectivity index (χ4v) is 3.91. The standard InChI is InChI=1S/C16H26N2O3S/c1-4-5-8-17-13-6-7-16-15(10-13)21-11-14(9-12(2)3)18-22(16,19)20/h6-7,10,12,14,17-18H,4-5,8-9,11H2,1-3H3/t14-/m1/s1. The van der Waals surface area contributed by atoms with Crippen LogP contribution in [-0.4, -0.2) is 27.6 Å². The predicted molar refractivity (Wildman–Crippen MR) is 88.9 cm³/mol. The summed E-state index contributed by atoms with van der Waals surface area (Å²) in [5.74, 6) is 0.837. The van der Waals surface area contributed by atoms with Crippen molar-refractivity contribution in [1.82, 2.24) is 4.72 Å². The first-order valence-corrected chi connectivity index (χ1v) is 9.43. The Morgan fingerprint density at radius 1 is 1.41 bits per heavy atom. The first-order chi connectivity index (χ1) is 10.4. The molecule has 0 saturated heterocycles. The number of fused-ring (bicyclic) bond motifs is 1. The molecule has 2 rings (SSSR count). The van der Waals surface area contributed by atoms with Crippen LogP contribution >= 0.6 is 0 Å². The highest BCUT2D eigenvalue weighted by atomic mass is 32.2. The second kappa shape index (κ2) is 7.33. The molecule has 1 aliphatic heterocycles. The van der Waals surface area contributed by atoms with Gasteiger partial charge in [0.15, 0.2) is 0 Å². The SMILES string of the molecule is CCCCNc1ccc2c(c1)OC[C@@H](CC(C)C)NS2(=O)=O. The largest absolute Gasteiger partial charge is 0.490 e. The summed E-state index contributed by atoms with van der Waals surface area (Å²) < 4.78 is 33.4. The predicted octanol–water partition coefficient (Wildman–Crippen LogP) is 2.98. The number of hydrogen-bond acceptors (Lipinski definition) is 4. The van der Waals surface area contributed by atoms with Crippen molar-refractivity contribution in [2.45, 2.75) is 51.0 Å². The van der Waals surface area contributed by atoms with Gasteiger partial charge in [-0.1, -0.05) is 27.2 Å². The van der Waals surface area contributed by atoms with E-state index in [9.17, 15) is 8.42 Å². The number of nitrogens with one attached hydrogen (secondary N) is 2. The maximum atomic E-state index is 12.4. The topological polar surface area (TPSA) is 67.4 Å². The molecule has 0 spiro atoms. The number of hydrogen-bond donors (Lipinski definition) is 2. The van der Waals surface area contributed by atoms with Gasteiger partial charge in [-0.05, 0) is 30.9 Å². The molecular weight excluding hydrogens is 300 g/mol. The van der Waals surface area contributed by atoms with E-state index in [1.807, 2.05) is 0 Å². The lowest BCUT2D eigenvalue weighted by Gasteiger charge is -2.16. The Hall–Kier alpha value is -1.27. The molecule has 1 aromatic carbocycles. The van der Waals surface area contributed by atoms with E-state index in [4.69, 9.17) is 4.74 Å². The minimum atomic E-state index is -3.52. The van der Waals surface area contributed by atoms with Gasteiger partial charge in [0.25, 0.3) is 0 Å². The van der Waals surface area contributed by atoms with Gasteiger partial charge in [0, 0.05) is 18.3 Å². The first-order valence-electron chi connectivity index (χ1n) is 7.95. The van der Waals surface area contributed by atoms with E-state index in [1.165, 1.54) is 0 Å². The molecule has 1 heterocycles. The molecule has 5 nitrogen and oxygen atoms in total. The van der Waals surface area contributed by atoms with Crippen LogP contribution < -0.4 is 14.8 Å². The average Bonchev–Trinajstić information content (AvgIpc) is 2.55. The Kier molecular flexibility index (Phi) is 5.69. The van der Waals surface area contributed by atoms with Crippen LogP contribution in [0, 0.1) is 5.92 Å². The summed E-state index contributed by atoms with van der Waals surface area (Å²) in [6, 6.07) is 5.00. The Morgan fingerprint density at radius 3 is 2.86 bits per heavy atom. The monoisotopic (exact) mass is 326 g/mol. The highest BCUT2D eigenvalue weighted by Crippen LogP contribution is 2.30. The second-order valence-corrected chi connectivity index (χ2v) is 7.88. The molecule has 0 unspecified atom stereocenters. The average molecular weight is 326 g/mol. The summed E-state index contributed by atoms with van der Waals surface area (Å²) in [5, 5.41) is 3.29. The van der Waals surface area contributed by atoms with Crippen molar-refractivity contribution < 1.29 is 13.2 Å². The zero-order valence-corrected chi connectivity index (χ0v) is 14.4. The molecule has 6 heteroatoms. The van der Waals surface area contributed by atoms with Crippen LogP contribution in [0.5, 0.6) is 5.75 Å². The van der Waals surface area contributed by atoms with Gasteiger partial charge in [0.1, 0.15) is 17.3 Å². The van der Waals surface area contributed by atoms with E-state index < -0.39 is 10.0 Å². The van der Waals surface area contributed by atoms with Crippen molar-refractivity contribution in [2.75, 3.05) is 18.5 Å². The van der Waals surface area contributed by atoms with E-state index in [0.29, 0.717) is 18.3 Å². The number of anilines is 1. The summed E-state index contributed by atoms with van der Waals surface area (Å²) in [4.78, 5) is 0.222. The Bertz CT molecular complexity index is 599. The van der Waals surface area contributed by atoms with Crippen LogP contribution in [0.15, 0.2) is 23.1 Å². The summed E-state index contributed by atoms with van der Waals surface area (Å²) >= 11 is 0. The molecule has 1 aromatic rings. The van der Waals surface area contributed by atoms with E-state index in [0.717, 1.165) is 31.5 Å². The molecule has 0 saturated carbocycles. The van der Waals surface area contributed by atoms with Crippen LogP contribution in [-0.2, 0) is 10.0 Å². The van der Waals surface area contributed by atoms with Gasteiger partial charge in [0.2, 0.25) is 10.0 Å². The van der Waals surface area contributed by atoms with Gasteiger partial charge in [-0.2, -0.15) is 0 Å². The fourth-order valence-electron chi connectivity index (χ4n) is 2.55. The third-order valence-corrected chi connectivity index (χ3v) is 5.17. The molecule has 1 aliphatic rings. The summed E-state index contributed by atoms with van der Waals surface area (Å²) in [6.45, 7) is 7.51. The maximum absolute atomic E-state index is 12.4. The minimum absolute atomic E-state index is 0.186. The quantitative estimate of drug-likeness (QED) is 0.789. The van der Waals surface area contributed by atoms with E-state index in [1.54, 1.807) is 18.2 Å². The molecule has 0 aromatic heterocycles. The van der Waals surface area contributed by atoms with Crippen molar-refractivity contribution in [3.63, 3.8) is 0 Å². The summed E-state index contributed by atoms with van der Waals surface area (Å²) in [7, 11) is -3.52. The van der Waals surface area contributed by atoms with Crippen molar-refractivity contribution in [1.29, 1.82) is 0 Å². The number of rotatable bonds is 6. The third kappa shape index (κ3) is 4.36. The molecule has 22 heavy (non-hydrogen) atoms. The molecule has 0 fully saturated rings. The highest BCUT2D eigenvalue weighted by molar-refractivity contribution is 7.89. The maximum Gasteiger partial charge on any atom is 0.244 e. The molecule has 0 amide bonds. The van der Waals surface area contributed by atoms with E-state index in [-0.39, 0.29) is 10.9 Å². The van der Waals surface area contributed by atoms with Gasteiger partial charge in [-0.25, -0.2) is 13.1 Å². The minimum Gasteiger partial charge on any atom is -0.490 e. The number of benzene rings is 1.